The van der Waals surface area contributed by atoms with Crippen LogP contribution in [0.4, 0.5) is 23.0 Å². The molecule has 0 aliphatic rings. The van der Waals surface area contributed by atoms with E-state index < -0.39 is 0 Å². The van der Waals surface area contributed by atoms with Gasteiger partial charge in [0.15, 0.2) is 11.6 Å². The molecule has 6 nitrogen and oxygen atoms in total. The van der Waals surface area contributed by atoms with Gasteiger partial charge in [-0.3, -0.25) is 4.98 Å². The van der Waals surface area contributed by atoms with Crippen molar-refractivity contribution in [1.82, 2.24) is 15.0 Å². The summed E-state index contributed by atoms with van der Waals surface area (Å²) in [6.45, 7) is 2.72. The first-order valence-corrected chi connectivity index (χ1v) is 7.29. The third-order valence-corrected chi connectivity index (χ3v) is 3.41. The number of anilines is 4. The van der Waals surface area contributed by atoms with E-state index in [1.807, 2.05) is 12.1 Å². The molecule has 0 unspecified atom stereocenters. The van der Waals surface area contributed by atoms with E-state index in [1.54, 1.807) is 12.4 Å². The van der Waals surface area contributed by atoms with Crippen LogP contribution in [0.25, 0.3) is 0 Å². The molecule has 0 saturated carbocycles. The first kappa shape index (κ1) is 14.8. The highest BCUT2D eigenvalue weighted by Gasteiger charge is 2.08. The Labute approximate surface area is 134 Å². The van der Waals surface area contributed by atoms with E-state index in [4.69, 9.17) is 5.73 Å². The van der Waals surface area contributed by atoms with Gasteiger partial charge in [0.25, 0.3) is 0 Å². The molecule has 116 valence electrons. The van der Waals surface area contributed by atoms with Crippen LogP contribution in [-0.2, 0) is 6.54 Å². The number of nitrogens with zero attached hydrogens (tertiary/aromatic N) is 3. The lowest BCUT2D eigenvalue weighted by Gasteiger charge is -2.12. The van der Waals surface area contributed by atoms with E-state index >= 15 is 0 Å². The Kier molecular flexibility index (Phi) is 4.33. The Morgan fingerprint density at radius 3 is 2.39 bits per heavy atom. The van der Waals surface area contributed by atoms with Crippen molar-refractivity contribution in [2.45, 2.75) is 13.5 Å². The zero-order chi connectivity index (χ0) is 16.1. The highest BCUT2D eigenvalue weighted by molar-refractivity contribution is 5.77. The van der Waals surface area contributed by atoms with Crippen molar-refractivity contribution in [3.05, 3.63) is 66.2 Å². The van der Waals surface area contributed by atoms with E-state index in [1.165, 1.54) is 11.9 Å². The van der Waals surface area contributed by atoms with Crippen LogP contribution in [0.15, 0.2) is 55.1 Å². The second-order valence-corrected chi connectivity index (χ2v) is 5.18. The predicted octanol–water partition coefficient (Wildman–Crippen LogP) is 3.12. The van der Waals surface area contributed by atoms with Gasteiger partial charge in [-0.25, -0.2) is 9.97 Å². The molecule has 4 N–H and O–H groups in total. The number of nitrogens with two attached hydrogens (primary N) is 1. The number of rotatable bonds is 5. The van der Waals surface area contributed by atoms with Crippen LogP contribution in [0, 0.1) is 6.92 Å². The average Bonchev–Trinajstić information content (AvgIpc) is 2.58. The molecule has 2 heterocycles. The Hall–Kier alpha value is -3.15. The second-order valence-electron chi connectivity index (χ2n) is 5.18. The molecule has 0 aliphatic carbocycles. The summed E-state index contributed by atoms with van der Waals surface area (Å²) in [5.41, 5.74) is 9.91. The number of hydrogen-bond acceptors (Lipinski definition) is 6. The van der Waals surface area contributed by atoms with E-state index in [0.29, 0.717) is 23.9 Å². The van der Waals surface area contributed by atoms with Crippen LogP contribution in [-0.4, -0.2) is 15.0 Å². The predicted molar refractivity (Wildman–Crippen MR) is 92.5 cm³/mol. The second kappa shape index (κ2) is 6.74. The molecule has 6 heteroatoms. The zero-order valence-electron chi connectivity index (χ0n) is 12.8. The first-order valence-electron chi connectivity index (χ1n) is 7.29. The number of aryl methyl sites for hydroxylation is 1. The van der Waals surface area contributed by atoms with Gasteiger partial charge >= 0.3 is 0 Å². The minimum Gasteiger partial charge on any atom is -0.393 e. The molecule has 0 radical (unpaired) electrons. The molecule has 1 aromatic carbocycles. The lowest BCUT2D eigenvalue weighted by Crippen LogP contribution is -2.08. The molecule has 0 amide bonds. The smallest absolute Gasteiger partial charge is 0.159 e. The molecule has 3 rings (SSSR count). The van der Waals surface area contributed by atoms with Crippen molar-refractivity contribution in [2.24, 2.45) is 0 Å². The average molecular weight is 306 g/mol. The molecular weight excluding hydrogens is 288 g/mol. The fourth-order valence-electron chi connectivity index (χ4n) is 2.10. The van der Waals surface area contributed by atoms with Gasteiger partial charge in [-0.2, -0.15) is 0 Å². The molecule has 0 saturated heterocycles. The van der Waals surface area contributed by atoms with Gasteiger partial charge in [-0.05, 0) is 24.6 Å². The minimum absolute atomic E-state index is 0.483. The van der Waals surface area contributed by atoms with Gasteiger partial charge in [0.1, 0.15) is 12.0 Å². The van der Waals surface area contributed by atoms with Gasteiger partial charge in [-0.15, -0.1) is 0 Å². The number of pyridine rings is 1. The number of hydrogen-bond donors (Lipinski definition) is 3. The molecule has 2 aromatic heterocycles. The van der Waals surface area contributed by atoms with Gasteiger partial charge < -0.3 is 16.4 Å². The molecule has 0 aliphatic heterocycles. The highest BCUT2D eigenvalue weighted by atomic mass is 15.1. The van der Waals surface area contributed by atoms with Crippen LogP contribution in [0.2, 0.25) is 0 Å². The summed E-state index contributed by atoms with van der Waals surface area (Å²) < 4.78 is 0. The van der Waals surface area contributed by atoms with Gasteiger partial charge in [0.05, 0.1) is 0 Å². The number of aromatic nitrogens is 3. The quantitative estimate of drug-likeness (QED) is 0.671. The number of benzene rings is 1. The summed E-state index contributed by atoms with van der Waals surface area (Å²) in [6.07, 6.45) is 4.89. The molecular formula is C17H18N6. The van der Waals surface area contributed by atoms with Gasteiger partial charge in [0.2, 0.25) is 0 Å². The Balaban J connectivity index is 1.73. The lowest BCUT2D eigenvalue weighted by molar-refractivity contribution is 1.08. The summed E-state index contributed by atoms with van der Waals surface area (Å²) in [6, 6.07) is 12.0. The Bertz CT molecular complexity index is 771. The van der Waals surface area contributed by atoms with Crippen LogP contribution in [0.5, 0.6) is 0 Å². The minimum atomic E-state index is 0.483. The maximum atomic E-state index is 6.15. The molecule has 0 atom stereocenters. The fourth-order valence-corrected chi connectivity index (χ4v) is 2.10. The monoisotopic (exact) mass is 306 g/mol. The summed E-state index contributed by atoms with van der Waals surface area (Å²) in [5.74, 6) is 1.18. The molecule has 0 bridgehead atoms. The lowest BCUT2D eigenvalue weighted by atomic mass is 10.1. The normalized spacial score (nSPS) is 10.3. The van der Waals surface area contributed by atoms with Crippen molar-refractivity contribution >= 4 is 23.0 Å². The maximum Gasteiger partial charge on any atom is 0.159 e. The number of nitrogens with one attached hydrogen (secondary N) is 2. The molecule has 23 heavy (non-hydrogen) atoms. The number of nitrogen functional groups attached to an aromatic ring is 1. The van der Waals surface area contributed by atoms with Crippen LogP contribution in [0.3, 0.4) is 0 Å². The molecule has 0 spiro atoms. The summed E-state index contributed by atoms with van der Waals surface area (Å²) in [7, 11) is 0. The fraction of sp³-hybridized carbons (Fsp3) is 0.118. The van der Waals surface area contributed by atoms with E-state index in [9.17, 15) is 0 Å². The van der Waals surface area contributed by atoms with Crippen molar-refractivity contribution in [3.8, 4) is 0 Å². The third-order valence-electron chi connectivity index (χ3n) is 3.41. The Morgan fingerprint density at radius 2 is 1.65 bits per heavy atom. The summed E-state index contributed by atoms with van der Waals surface area (Å²) in [5, 5.41) is 6.41. The third kappa shape index (κ3) is 3.74. The zero-order valence-corrected chi connectivity index (χ0v) is 12.8. The van der Waals surface area contributed by atoms with Crippen molar-refractivity contribution in [1.29, 1.82) is 0 Å². The highest BCUT2D eigenvalue weighted by Crippen LogP contribution is 2.25. The standard InChI is InChI=1S/C17H18N6/c1-12-2-4-13(5-3-12)10-20-16-15(18)17(22-11-21-16)23-14-6-8-19-9-7-14/h2-9,11H,10,18H2,1H3,(H2,19,20,21,22,23). The molecule has 3 aromatic rings. The van der Waals surface area contributed by atoms with Gasteiger partial charge in [0, 0.05) is 24.6 Å². The van der Waals surface area contributed by atoms with Crippen LogP contribution in [0.1, 0.15) is 11.1 Å². The summed E-state index contributed by atoms with van der Waals surface area (Å²) in [4.78, 5) is 12.4. The summed E-state index contributed by atoms with van der Waals surface area (Å²) >= 11 is 0. The van der Waals surface area contributed by atoms with Crippen LogP contribution >= 0.6 is 0 Å². The van der Waals surface area contributed by atoms with E-state index in [2.05, 4.69) is 56.8 Å². The topological polar surface area (TPSA) is 88.8 Å². The van der Waals surface area contributed by atoms with E-state index in [0.717, 1.165) is 11.3 Å². The van der Waals surface area contributed by atoms with Crippen molar-refractivity contribution < 1.29 is 0 Å². The van der Waals surface area contributed by atoms with Crippen LogP contribution < -0.4 is 16.4 Å². The van der Waals surface area contributed by atoms with Crippen molar-refractivity contribution in [2.75, 3.05) is 16.4 Å². The first-order chi connectivity index (χ1) is 11.2. The van der Waals surface area contributed by atoms with Gasteiger partial charge in [-0.1, -0.05) is 29.8 Å². The molecule has 0 fully saturated rings. The SMILES string of the molecule is Cc1ccc(CNc2ncnc(Nc3ccncc3)c2N)cc1. The Morgan fingerprint density at radius 1 is 0.957 bits per heavy atom. The maximum absolute atomic E-state index is 6.15. The largest absolute Gasteiger partial charge is 0.393 e. The van der Waals surface area contributed by atoms with E-state index in [-0.39, 0.29) is 0 Å². The van der Waals surface area contributed by atoms with Crippen molar-refractivity contribution in [3.63, 3.8) is 0 Å².